The van der Waals surface area contributed by atoms with Gasteiger partial charge in [-0.1, -0.05) is 39.0 Å². The number of primary amides is 1. The second-order valence-electron chi connectivity index (χ2n) is 5.31. The summed E-state index contributed by atoms with van der Waals surface area (Å²) in [5.74, 6) is 0.855. The summed E-state index contributed by atoms with van der Waals surface area (Å²) in [5.41, 5.74) is 8.80. The van der Waals surface area contributed by atoms with Crippen molar-refractivity contribution in [2.75, 3.05) is 6.61 Å². The molecular formula is C17H27N3O2. The van der Waals surface area contributed by atoms with Gasteiger partial charge in [0.25, 0.3) is 0 Å². The third-order valence-electron chi connectivity index (χ3n) is 3.37. The molecule has 0 fully saturated rings. The summed E-state index contributed by atoms with van der Waals surface area (Å²) in [5, 5.41) is 3.89. The number of unbranched alkanes of at least 4 members (excludes halogenated alkanes) is 5. The van der Waals surface area contributed by atoms with Gasteiger partial charge in [0.2, 0.25) is 0 Å². The zero-order valence-electron chi connectivity index (χ0n) is 13.6. The van der Waals surface area contributed by atoms with Crippen LogP contribution in [-0.2, 0) is 0 Å². The van der Waals surface area contributed by atoms with E-state index in [2.05, 4.69) is 17.5 Å². The van der Waals surface area contributed by atoms with E-state index in [-0.39, 0.29) is 0 Å². The molecule has 0 aliphatic rings. The van der Waals surface area contributed by atoms with Crippen molar-refractivity contribution in [1.29, 1.82) is 0 Å². The van der Waals surface area contributed by atoms with Crippen molar-refractivity contribution in [2.45, 2.75) is 52.4 Å². The van der Waals surface area contributed by atoms with Gasteiger partial charge in [-0.2, -0.15) is 5.10 Å². The molecule has 0 radical (unpaired) electrons. The fraction of sp³-hybridized carbons (Fsp3) is 0.529. The van der Waals surface area contributed by atoms with Gasteiger partial charge in [0.05, 0.1) is 12.3 Å². The minimum absolute atomic E-state index is 0.668. The molecule has 3 N–H and O–H groups in total. The first kappa shape index (κ1) is 18.0. The van der Waals surface area contributed by atoms with Crippen LogP contribution in [0, 0.1) is 0 Å². The number of hydrazone groups is 1. The number of rotatable bonds is 10. The molecule has 0 aliphatic heterocycles. The van der Waals surface area contributed by atoms with Crippen molar-refractivity contribution in [1.82, 2.24) is 5.43 Å². The van der Waals surface area contributed by atoms with Crippen molar-refractivity contribution in [3.8, 4) is 5.75 Å². The summed E-state index contributed by atoms with van der Waals surface area (Å²) in [7, 11) is 0. The Morgan fingerprint density at radius 2 is 1.77 bits per heavy atom. The SMILES string of the molecule is CCCCCCCCOc1ccc(/C(C)=N\NC(N)=O)cc1. The third kappa shape index (κ3) is 7.67. The molecule has 0 unspecified atom stereocenters. The van der Waals surface area contributed by atoms with E-state index in [1.165, 1.54) is 32.1 Å². The topological polar surface area (TPSA) is 76.7 Å². The van der Waals surface area contributed by atoms with Crippen molar-refractivity contribution < 1.29 is 9.53 Å². The van der Waals surface area contributed by atoms with Gasteiger partial charge in [-0.25, -0.2) is 10.2 Å². The van der Waals surface area contributed by atoms with Crippen LogP contribution in [0.5, 0.6) is 5.75 Å². The van der Waals surface area contributed by atoms with Gasteiger partial charge >= 0.3 is 6.03 Å². The van der Waals surface area contributed by atoms with E-state index in [0.717, 1.165) is 24.3 Å². The summed E-state index contributed by atoms with van der Waals surface area (Å²) in [6.07, 6.45) is 7.54. The molecule has 5 nitrogen and oxygen atoms in total. The Morgan fingerprint density at radius 1 is 1.14 bits per heavy atom. The van der Waals surface area contributed by atoms with Crippen molar-refractivity contribution in [2.24, 2.45) is 10.8 Å². The Labute approximate surface area is 132 Å². The van der Waals surface area contributed by atoms with Gasteiger partial charge in [-0.05, 0) is 43.2 Å². The van der Waals surface area contributed by atoms with E-state index in [1.54, 1.807) is 0 Å². The Bertz CT molecular complexity index is 469. The monoisotopic (exact) mass is 305 g/mol. The van der Waals surface area contributed by atoms with Gasteiger partial charge in [-0.3, -0.25) is 0 Å². The van der Waals surface area contributed by atoms with Gasteiger partial charge in [0, 0.05) is 0 Å². The Morgan fingerprint density at radius 3 is 2.41 bits per heavy atom. The first-order valence-electron chi connectivity index (χ1n) is 7.96. The fourth-order valence-corrected chi connectivity index (χ4v) is 2.07. The molecule has 5 heteroatoms. The maximum absolute atomic E-state index is 10.6. The number of benzene rings is 1. The molecule has 122 valence electrons. The van der Waals surface area contributed by atoms with Crippen LogP contribution >= 0.6 is 0 Å². The Kier molecular flexibility index (Phi) is 8.72. The number of hydrogen-bond acceptors (Lipinski definition) is 3. The van der Waals surface area contributed by atoms with Crippen molar-refractivity contribution in [3.63, 3.8) is 0 Å². The standard InChI is InChI=1S/C17H27N3O2/c1-3-4-5-6-7-8-13-22-16-11-9-15(10-12-16)14(2)19-20-17(18)21/h9-12H,3-8,13H2,1-2H3,(H3,18,20,21)/b19-14-. The second-order valence-corrected chi connectivity index (χ2v) is 5.31. The fourth-order valence-electron chi connectivity index (χ4n) is 2.07. The molecule has 1 aromatic rings. The highest BCUT2D eigenvalue weighted by atomic mass is 16.5. The van der Waals surface area contributed by atoms with Crippen molar-refractivity contribution in [3.05, 3.63) is 29.8 Å². The molecule has 1 rings (SSSR count). The van der Waals surface area contributed by atoms with E-state index >= 15 is 0 Å². The molecule has 22 heavy (non-hydrogen) atoms. The highest BCUT2D eigenvalue weighted by molar-refractivity contribution is 5.99. The maximum atomic E-state index is 10.6. The number of urea groups is 1. The lowest BCUT2D eigenvalue weighted by atomic mass is 10.1. The number of nitrogens with two attached hydrogens (primary N) is 1. The van der Waals surface area contributed by atoms with E-state index < -0.39 is 6.03 Å². The molecule has 0 atom stereocenters. The summed E-state index contributed by atoms with van der Waals surface area (Å²) in [6, 6.07) is 6.99. The minimum atomic E-state index is -0.668. The number of carbonyl (C=O) groups is 1. The lowest BCUT2D eigenvalue weighted by Gasteiger charge is -2.07. The molecule has 1 aromatic carbocycles. The zero-order chi connectivity index (χ0) is 16.2. The number of ether oxygens (including phenoxy) is 1. The third-order valence-corrected chi connectivity index (χ3v) is 3.37. The average Bonchev–Trinajstić information content (AvgIpc) is 2.52. The van der Waals surface area contributed by atoms with Crippen LogP contribution in [0.2, 0.25) is 0 Å². The lowest BCUT2D eigenvalue weighted by Crippen LogP contribution is -2.25. The zero-order valence-corrected chi connectivity index (χ0v) is 13.6. The van der Waals surface area contributed by atoms with Crippen LogP contribution in [0.4, 0.5) is 4.79 Å². The van der Waals surface area contributed by atoms with E-state index in [0.29, 0.717) is 5.71 Å². The molecule has 2 amide bonds. The first-order chi connectivity index (χ1) is 10.6. The van der Waals surface area contributed by atoms with Crippen LogP contribution in [0.25, 0.3) is 0 Å². The number of hydrogen-bond donors (Lipinski definition) is 2. The predicted molar refractivity (Wildman–Crippen MR) is 90.2 cm³/mol. The molecule has 0 saturated heterocycles. The molecule has 0 saturated carbocycles. The van der Waals surface area contributed by atoms with Gasteiger partial charge in [0.1, 0.15) is 5.75 Å². The quantitative estimate of drug-likeness (QED) is 0.391. The number of nitrogens with one attached hydrogen (secondary N) is 1. The second kappa shape index (κ2) is 10.7. The van der Waals surface area contributed by atoms with E-state index in [9.17, 15) is 4.79 Å². The van der Waals surface area contributed by atoms with Crippen LogP contribution in [-0.4, -0.2) is 18.3 Å². The number of carbonyl (C=O) groups excluding carboxylic acids is 1. The number of amides is 2. The molecule has 0 heterocycles. The smallest absolute Gasteiger partial charge is 0.332 e. The largest absolute Gasteiger partial charge is 0.494 e. The van der Waals surface area contributed by atoms with Crippen molar-refractivity contribution >= 4 is 11.7 Å². The van der Waals surface area contributed by atoms with Gasteiger partial charge in [0.15, 0.2) is 0 Å². The summed E-state index contributed by atoms with van der Waals surface area (Å²) in [4.78, 5) is 10.6. The Balaban J connectivity index is 2.30. The Hall–Kier alpha value is -2.04. The highest BCUT2D eigenvalue weighted by Crippen LogP contribution is 2.14. The lowest BCUT2D eigenvalue weighted by molar-refractivity contribution is 0.249. The van der Waals surface area contributed by atoms with Crippen LogP contribution in [0.3, 0.4) is 0 Å². The van der Waals surface area contributed by atoms with E-state index in [1.807, 2.05) is 31.2 Å². The molecule has 0 aliphatic carbocycles. The maximum Gasteiger partial charge on any atom is 0.332 e. The van der Waals surface area contributed by atoms with Gasteiger partial charge in [-0.15, -0.1) is 0 Å². The summed E-state index contributed by atoms with van der Waals surface area (Å²) >= 11 is 0. The van der Waals surface area contributed by atoms with Crippen LogP contribution in [0.1, 0.15) is 57.9 Å². The molecule has 0 bridgehead atoms. The van der Waals surface area contributed by atoms with Crippen LogP contribution in [0.15, 0.2) is 29.4 Å². The normalized spacial score (nSPS) is 11.3. The van der Waals surface area contributed by atoms with Crippen LogP contribution < -0.4 is 15.9 Å². The van der Waals surface area contributed by atoms with E-state index in [4.69, 9.17) is 10.5 Å². The average molecular weight is 305 g/mol. The number of nitrogens with zero attached hydrogens (tertiary/aromatic N) is 1. The molecule has 0 aromatic heterocycles. The van der Waals surface area contributed by atoms with Gasteiger partial charge < -0.3 is 10.5 Å². The molecular weight excluding hydrogens is 278 g/mol. The summed E-state index contributed by atoms with van der Waals surface area (Å²) < 4.78 is 5.72. The highest BCUT2D eigenvalue weighted by Gasteiger charge is 2.00. The first-order valence-corrected chi connectivity index (χ1v) is 7.96. The minimum Gasteiger partial charge on any atom is -0.494 e. The predicted octanol–water partition coefficient (Wildman–Crippen LogP) is 3.82. The summed E-state index contributed by atoms with van der Waals surface area (Å²) in [6.45, 7) is 4.78. The molecule has 0 spiro atoms.